The molecule has 0 aliphatic carbocycles. The van der Waals surface area contributed by atoms with E-state index in [9.17, 15) is 14.7 Å². The molecule has 0 fully saturated rings. The van der Waals surface area contributed by atoms with Crippen molar-refractivity contribution in [1.82, 2.24) is 15.6 Å². The monoisotopic (exact) mass is 367 g/mol. The van der Waals surface area contributed by atoms with Crippen molar-refractivity contribution in [3.63, 3.8) is 0 Å². The molecule has 0 aliphatic rings. The molecule has 7 heteroatoms. The number of rotatable bonds is 7. The Morgan fingerprint density at radius 3 is 2.63 bits per heavy atom. The molecule has 0 bridgehead atoms. The molecule has 0 saturated carbocycles. The second-order valence-corrected chi connectivity index (χ2v) is 6.09. The predicted molar refractivity (Wildman–Crippen MR) is 102 cm³/mol. The van der Waals surface area contributed by atoms with Gasteiger partial charge < -0.3 is 25.5 Å². The van der Waals surface area contributed by atoms with Gasteiger partial charge >= 0.3 is 12.0 Å². The van der Waals surface area contributed by atoms with Crippen molar-refractivity contribution in [1.29, 1.82) is 0 Å². The molecule has 7 nitrogen and oxygen atoms in total. The van der Waals surface area contributed by atoms with Crippen LogP contribution in [0.4, 0.5) is 4.79 Å². The molecule has 1 aromatic heterocycles. The number of hydrogen-bond acceptors (Lipinski definition) is 3. The molecule has 140 valence electrons. The molecule has 0 aliphatic heterocycles. The number of carbonyl (C=O) groups excluding carboxylic acids is 1. The number of nitrogens with one attached hydrogen (secondary N) is 3. The molecular formula is C20H21N3O4. The quantitative estimate of drug-likeness (QED) is 0.515. The van der Waals surface area contributed by atoms with Crippen molar-refractivity contribution in [3.8, 4) is 5.75 Å². The first kappa shape index (κ1) is 18.3. The maximum absolute atomic E-state index is 12.2. The molecule has 0 saturated heterocycles. The van der Waals surface area contributed by atoms with Crippen molar-refractivity contribution in [2.24, 2.45) is 0 Å². The van der Waals surface area contributed by atoms with Crippen LogP contribution in [0.3, 0.4) is 0 Å². The Morgan fingerprint density at radius 1 is 1.11 bits per heavy atom. The highest BCUT2D eigenvalue weighted by atomic mass is 16.5. The Kier molecular flexibility index (Phi) is 5.61. The van der Waals surface area contributed by atoms with Crippen molar-refractivity contribution >= 4 is 22.9 Å². The Balaban J connectivity index is 1.64. The molecule has 3 rings (SSSR count). The number of amides is 2. The van der Waals surface area contributed by atoms with Gasteiger partial charge in [-0.25, -0.2) is 9.59 Å². The van der Waals surface area contributed by atoms with Gasteiger partial charge in [-0.3, -0.25) is 0 Å². The van der Waals surface area contributed by atoms with Crippen LogP contribution in [0.15, 0.2) is 54.7 Å². The number of carboxylic acid groups (broad SMARTS) is 1. The minimum Gasteiger partial charge on any atom is -0.496 e. The molecule has 2 aromatic carbocycles. The maximum Gasteiger partial charge on any atom is 0.326 e. The number of hydrogen-bond donors (Lipinski definition) is 4. The molecular weight excluding hydrogens is 346 g/mol. The van der Waals surface area contributed by atoms with Gasteiger partial charge in [0, 0.05) is 35.6 Å². The van der Waals surface area contributed by atoms with Crippen LogP contribution in [0, 0.1) is 0 Å². The highest BCUT2D eigenvalue weighted by Crippen LogP contribution is 2.19. The minimum atomic E-state index is -1.09. The van der Waals surface area contributed by atoms with Crippen LogP contribution in [0.2, 0.25) is 0 Å². The molecule has 3 aromatic rings. The molecule has 2 amide bonds. The van der Waals surface area contributed by atoms with Gasteiger partial charge in [-0.05, 0) is 17.7 Å². The SMILES string of the molecule is COc1ccccc1CNC(=O)N[C@@H](Cc1c[nH]c2ccccc12)C(=O)O. The lowest BCUT2D eigenvalue weighted by Gasteiger charge is -2.15. The number of benzene rings is 2. The molecule has 0 unspecified atom stereocenters. The Morgan fingerprint density at radius 2 is 1.85 bits per heavy atom. The van der Waals surface area contributed by atoms with E-state index in [4.69, 9.17) is 4.74 Å². The maximum atomic E-state index is 12.2. The summed E-state index contributed by atoms with van der Waals surface area (Å²) in [4.78, 5) is 26.9. The third kappa shape index (κ3) is 4.38. The van der Waals surface area contributed by atoms with Crippen LogP contribution >= 0.6 is 0 Å². The lowest BCUT2D eigenvalue weighted by Crippen LogP contribution is -2.46. The number of methoxy groups -OCH3 is 1. The summed E-state index contributed by atoms with van der Waals surface area (Å²) < 4.78 is 5.24. The van der Waals surface area contributed by atoms with Crippen molar-refractivity contribution < 1.29 is 19.4 Å². The Labute approximate surface area is 156 Å². The molecule has 1 atom stereocenters. The average molecular weight is 367 g/mol. The number of aliphatic carboxylic acids is 1. The Hall–Kier alpha value is -3.48. The fraction of sp³-hybridized carbons (Fsp3) is 0.200. The summed E-state index contributed by atoms with van der Waals surface area (Å²) in [5.41, 5.74) is 2.57. The summed E-state index contributed by atoms with van der Waals surface area (Å²) in [5.74, 6) is -0.431. The smallest absolute Gasteiger partial charge is 0.326 e. The minimum absolute atomic E-state index is 0.182. The lowest BCUT2D eigenvalue weighted by atomic mass is 10.1. The van der Waals surface area contributed by atoms with Gasteiger partial charge in [-0.15, -0.1) is 0 Å². The number of aromatic nitrogens is 1. The summed E-state index contributed by atoms with van der Waals surface area (Å²) in [5, 5.41) is 15.6. The number of ether oxygens (including phenoxy) is 1. The number of carbonyl (C=O) groups is 2. The number of aromatic amines is 1. The van der Waals surface area contributed by atoms with Crippen molar-refractivity contribution in [2.75, 3.05) is 7.11 Å². The van der Waals surface area contributed by atoms with E-state index < -0.39 is 18.0 Å². The zero-order valence-electron chi connectivity index (χ0n) is 14.9. The summed E-state index contributed by atoms with van der Waals surface area (Å²) in [6.45, 7) is 0.231. The first-order chi connectivity index (χ1) is 13.1. The largest absolute Gasteiger partial charge is 0.496 e. The van der Waals surface area contributed by atoms with E-state index in [-0.39, 0.29) is 13.0 Å². The van der Waals surface area contributed by atoms with Crippen LogP contribution in [0.5, 0.6) is 5.75 Å². The van der Waals surface area contributed by atoms with Gasteiger partial charge in [-0.1, -0.05) is 36.4 Å². The number of urea groups is 1. The van der Waals surface area contributed by atoms with Gasteiger partial charge in [-0.2, -0.15) is 0 Å². The highest BCUT2D eigenvalue weighted by Gasteiger charge is 2.22. The van der Waals surface area contributed by atoms with Crippen LogP contribution < -0.4 is 15.4 Å². The standard InChI is InChI=1S/C20H21N3O4/c1-27-18-9-5-2-6-13(18)11-22-20(26)23-17(19(24)25)10-14-12-21-16-8-4-3-7-15(14)16/h2-9,12,17,21H,10-11H2,1H3,(H,24,25)(H2,22,23,26)/t17-/m0/s1. The van der Waals surface area contributed by atoms with E-state index in [1.807, 2.05) is 42.5 Å². The normalized spacial score (nSPS) is 11.7. The molecule has 4 N–H and O–H groups in total. The fourth-order valence-electron chi connectivity index (χ4n) is 2.95. The summed E-state index contributed by atoms with van der Waals surface area (Å²) in [6.07, 6.45) is 1.95. The fourth-order valence-corrected chi connectivity index (χ4v) is 2.95. The summed E-state index contributed by atoms with van der Waals surface area (Å²) >= 11 is 0. The number of fused-ring (bicyclic) bond motifs is 1. The number of para-hydroxylation sites is 2. The van der Waals surface area contributed by atoms with E-state index in [0.717, 1.165) is 22.0 Å². The van der Waals surface area contributed by atoms with Gasteiger partial charge in [0.15, 0.2) is 0 Å². The van der Waals surface area contributed by atoms with Gasteiger partial charge in [0.25, 0.3) is 0 Å². The first-order valence-corrected chi connectivity index (χ1v) is 8.52. The molecule has 27 heavy (non-hydrogen) atoms. The zero-order valence-corrected chi connectivity index (χ0v) is 14.9. The molecule has 0 spiro atoms. The zero-order chi connectivity index (χ0) is 19.2. The van der Waals surface area contributed by atoms with E-state index in [2.05, 4.69) is 15.6 Å². The third-order valence-corrected chi connectivity index (χ3v) is 4.33. The topological polar surface area (TPSA) is 103 Å². The van der Waals surface area contributed by atoms with E-state index in [1.165, 1.54) is 0 Å². The highest BCUT2D eigenvalue weighted by molar-refractivity contribution is 5.86. The van der Waals surface area contributed by atoms with E-state index in [1.54, 1.807) is 19.4 Å². The third-order valence-electron chi connectivity index (χ3n) is 4.33. The van der Waals surface area contributed by atoms with Crippen LogP contribution in [-0.4, -0.2) is 35.2 Å². The lowest BCUT2D eigenvalue weighted by molar-refractivity contribution is -0.139. The molecule has 1 heterocycles. The van der Waals surface area contributed by atoms with Crippen LogP contribution in [0.1, 0.15) is 11.1 Å². The number of H-pyrrole nitrogens is 1. The summed E-state index contributed by atoms with van der Waals surface area (Å²) in [6, 6.07) is 13.4. The second-order valence-electron chi connectivity index (χ2n) is 6.09. The second kappa shape index (κ2) is 8.27. The van der Waals surface area contributed by atoms with Gasteiger partial charge in [0.1, 0.15) is 11.8 Å². The van der Waals surface area contributed by atoms with E-state index >= 15 is 0 Å². The van der Waals surface area contributed by atoms with Crippen molar-refractivity contribution in [3.05, 3.63) is 65.9 Å². The Bertz CT molecular complexity index is 951. The van der Waals surface area contributed by atoms with E-state index in [0.29, 0.717) is 5.75 Å². The van der Waals surface area contributed by atoms with Gasteiger partial charge in [0.2, 0.25) is 0 Å². The van der Waals surface area contributed by atoms with Crippen LogP contribution in [-0.2, 0) is 17.8 Å². The first-order valence-electron chi connectivity index (χ1n) is 8.52. The average Bonchev–Trinajstić information content (AvgIpc) is 3.09. The molecule has 0 radical (unpaired) electrons. The van der Waals surface area contributed by atoms with Crippen LogP contribution in [0.25, 0.3) is 10.9 Å². The predicted octanol–water partition coefficient (Wildman–Crippen LogP) is 2.67. The van der Waals surface area contributed by atoms with Crippen molar-refractivity contribution in [2.45, 2.75) is 19.0 Å². The summed E-state index contributed by atoms with van der Waals surface area (Å²) in [7, 11) is 1.56. The number of carboxylic acids is 1. The van der Waals surface area contributed by atoms with Gasteiger partial charge in [0.05, 0.1) is 7.11 Å².